The minimum absolute atomic E-state index is 0.00941. The average Bonchev–Trinajstić information content (AvgIpc) is 2.71. The highest BCUT2D eigenvalue weighted by Crippen LogP contribution is 2.30. The van der Waals surface area contributed by atoms with Crippen molar-refractivity contribution >= 4 is 23.4 Å². The zero-order valence-electron chi connectivity index (χ0n) is 20.2. The molecule has 0 saturated carbocycles. The minimum atomic E-state index is -0.520. The monoisotopic (exact) mass is 440 g/mol. The molecule has 1 aliphatic carbocycles. The highest BCUT2D eigenvalue weighted by atomic mass is 16.2. The number of allylic oxidation sites excluding steroid dienone is 1. The first-order valence-corrected chi connectivity index (χ1v) is 11.3. The summed E-state index contributed by atoms with van der Waals surface area (Å²) in [7, 11) is 0. The maximum atomic E-state index is 13.2. The number of nitrogens with one attached hydrogen (secondary N) is 2. The van der Waals surface area contributed by atoms with Crippen LogP contribution >= 0.6 is 0 Å². The largest absolute Gasteiger partial charge is 0.356 e. The Hall–Kier alpha value is -2.76. The Labute approximate surface area is 191 Å². The summed E-state index contributed by atoms with van der Waals surface area (Å²) in [6.07, 6.45) is 2.17. The van der Waals surface area contributed by atoms with Crippen LogP contribution in [-0.2, 0) is 9.59 Å². The number of carbonyl (C=O) groups excluding carboxylic acids is 4. The first-order valence-electron chi connectivity index (χ1n) is 11.3. The summed E-state index contributed by atoms with van der Waals surface area (Å²) >= 11 is 0. The van der Waals surface area contributed by atoms with Gasteiger partial charge in [0.1, 0.15) is 0 Å². The summed E-state index contributed by atoms with van der Waals surface area (Å²) in [5.74, 6) is -0.355. The molecule has 0 aromatic heterocycles. The van der Waals surface area contributed by atoms with E-state index >= 15 is 0 Å². The molecule has 2 N–H and O–H groups in total. The number of hydrogen-bond acceptors (Lipinski definition) is 4. The Bertz CT molecular complexity index is 930. The molecule has 0 fully saturated rings. The highest BCUT2D eigenvalue weighted by molar-refractivity contribution is 6.26. The summed E-state index contributed by atoms with van der Waals surface area (Å²) in [5, 5.41) is 5.78. The van der Waals surface area contributed by atoms with E-state index in [1.165, 1.54) is 0 Å². The Balaban J connectivity index is 2.11. The third kappa shape index (κ3) is 6.38. The molecule has 0 radical (unpaired) electrons. The second-order valence-corrected chi connectivity index (χ2v) is 10.4. The molecule has 0 unspecified atom stereocenters. The maximum absolute atomic E-state index is 13.2. The number of amides is 2. The van der Waals surface area contributed by atoms with Crippen molar-refractivity contribution in [3.8, 4) is 0 Å². The lowest BCUT2D eigenvalue weighted by molar-refractivity contribution is -0.129. The van der Waals surface area contributed by atoms with Gasteiger partial charge in [0.05, 0.1) is 0 Å². The SMILES string of the molecule is CC(C)(C)C(=O)NCCCCC1=C(CCNC(=O)C(C)(C)C)C(=O)c2ccccc2C1=O. The van der Waals surface area contributed by atoms with Gasteiger partial charge in [0.25, 0.3) is 0 Å². The van der Waals surface area contributed by atoms with Gasteiger partial charge in [0.2, 0.25) is 11.8 Å². The lowest BCUT2D eigenvalue weighted by Gasteiger charge is -2.23. The van der Waals surface area contributed by atoms with Gasteiger partial charge in [-0.2, -0.15) is 0 Å². The molecule has 6 nitrogen and oxygen atoms in total. The molecular formula is C26H36N2O4. The van der Waals surface area contributed by atoms with Gasteiger partial charge >= 0.3 is 0 Å². The van der Waals surface area contributed by atoms with E-state index in [1.807, 2.05) is 41.5 Å². The minimum Gasteiger partial charge on any atom is -0.356 e. The molecule has 0 saturated heterocycles. The molecule has 1 aliphatic rings. The summed E-state index contributed by atoms with van der Waals surface area (Å²) in [5.41, 5.74) is 0.922. The molecule has 2 amide bonds. The summed E-state index contributed by atoms with van der Waals surface area (Å²) in [6, 6.07) is 6.89. The third-order valence-corrected chi connectivity index (χ3v) is 5.49. The van der Waals surface area contributed by atoms with Crippen LogP contribution in [0.3, 0.4) is 0 Å². The van der Waals surface area contributed by atoms with Crippen LogP contribution < -0.4 is 10.6 Å². The van der Waals surface area contributed by atoms with Gasteiger partial charge in [-0.25, -0.2) is 0 Å². The fourth-order valence-electron chi connectivity index (χ4n) is 3.47. The van der Waals surface area contributed by atoms with E-state index < -0.39 is 10.8 Å². The van der Waals surface area contributed by atoms with E-state index in [4.69, 9.17) is 0 Å². The van der Waals surface area contributed by atoms with Crippen LogP contribution in [0, 0.1) is 10.8 Å². The second-order valence-electron chi connectivity index (χ2n) is 10.4. The van der Waals surface area contributed by atoms with Crippen molar-refractivity contribution in [1.82, 2.24) is 10.6 Å². The molecule has 0 spiro atoms. The van der Waals surface area contributed by atoms with E-state index in [9.17, 15) is 19.2 Å². The van der Waals surface area contributed by atoms with E-state index in [0.29, 0.717) is 61.0 Å². The van der Waals surface area contributed by atoms with Crippen molar-refractivity contribution in [2.75, 3.05) is 13.1 Å². The Morgan fingerprint density at radius 1 is 0.688 bits per heavy atom. The lowest BCUT2D eigenvalue weighted by atomic mass is 9.81. The van der Waals surface area contributed by atoms with Crippen LogP contribution in [0.4, 0.5) is 0 Å². The van der Waals surface area contributed by atoms with Crippen molar-refractivity contribution in [3.05, 3.63) is 46.5 Å². The van der Waals surface area contributed by atoms with Crippen LogP contribution in [-0.4, -0.2) is 36.5 Å². The standard InChI is InChI=1S/C26H36N2O4/c1-25(2,3)23(31)27-15-10-9-13-19-20(14-16-28-24(32)26(4,5)6)22(30)18-12-8-7-11-17(18)21(19)29/h7-8,11-12H,9-10,13-16H2,1-6H3,(H,27,31)(H,28,32). The van der Waals surface area contributed by atoms with Crippen LogP contribution in [0.15, 0.2) is 35.4 Å². The molecule has 32 heavy (non-hydrogen) atoms. The first-order chi connectivity index (χ1) is 14.8. The molecule has 0 aliphatic heterocycles. The molecule has 2 rings (SSSR count). The van der Waals surface area contributed by atoms with E-state index in [1.54, 1.807) is 24.3 Å². The van der Waals surface area contributed by atoms with Crippen molar-refractivity contribution in [1.29, 1.82) is 0 Å². The molecule has 0 bridgehead atoms. The molecule has 174 valence electrons. The fourth-order valence-corrected chi connectivity index (χ4v) is 3.47. The lowest BCUT2D eigenvalue weighted by Crippen LogP contribution is -2.36. The van der Waals surface area contributed by atoms with E-state index in [2.05, 4.69) is 10.6 Å². The van der Waals surface area contributed by atoms with Gasteiger partial charge in [-0.15, -0.1) is 0 Å². The molecule has 1 aromatic rings. The topological polar surface area (TPSA) is 92.3 Å². The summed E-state index contributed by atoms with van der Waals surface area (Å²) in [6.45, 7) is 11.9. The number of Topliss-reactive ketones (excluding diaryl/α,β-unsaturated/α-hetero) is 2. The number of rotatable bonds is 8. The van der Waals surface area contributed by atoms with Gasteiger partial charge in [-0.1, -0.05) is 65.8 Å². The molecule has 6 heteroatoms. The molecule has 0 heterocycles. The zero-order chi connectivity index (χ0) is 24.1. The Morgan fingerprint density at radius 2 is 1.12 bits per heavy atom. The average molecular weight is 441 g/mol. The number of benzene rings is 1. The summed E-state index contributed by atoms with van der Waals surface area (Å²) in [4.78, 5) is 50.5. The van der Waals surface area contributed by atoms with Crippen molar-refractivity contribution in [3.63, 3.8) is 0 Å². The fraction of sp³-hybridized carbons (Fsp3) is 0.538. The quantitative estimate of drug-likeness (QED) is 0.591. The number of unbranched alkanes of at least 4 members (excludes halogenated alkanes) is 1. The van der Waals surface area contributed by atoms with Crippen molar-refractivity contribution in [2.24, 2.45) is 10.8 Å². The predicted octanol–water partition coefficient (Wildman–Crippen LogP) is 4.25. The molecular weight excluding hydrogens is 404 g/mol. The zero-order valence-corrected chi connectivity index (χ0v) is 20.2. The third-order valence-electron chi connectivity index (χ3n) is 5.49. The van der Waals surface area contributed by atoms with Crippen LogP contribution in [0.5, 0.6) is 0 Å². The van der Waals surface area contributed by atoms with Crippen LogP contribution in [0.1, 0.15) is 87.9 Å². The molecule has 0 atom stereocenters. The normalized spacial score (nSPS) is 14.3. The predicted molar refractivity (Wildman–Crippen MR) is 126 cm³/mol. The number of ketones is 2. The number of carbonyl (C=O) groups is 4. The first kappa shape index (κ1) is 25.5. The van der Waals surface area contributed by atoms with Gasteiger partial charge in [-0.05, 0) is 25.7 Å². The number of fused-ring (bicyclic) bond motifs is 1. The van der Waals surface area contributed by atoms with Crippen molar-refractivity contribution < 1.29 is 19.2 Å². The highest BCUT2D eigenvalue weighted by Gasteiger charge is 2.31. The van der Waals surface area contributed by atoms with Crippen LogP contribution in [0.25, 0.3) is 0 Å². The maximum Gasteiger partial charge on any atom is 0.225 e. The second kappa shape index (κ2) is 10.2. The summed E-state index contributed by atoms with van der Waals surface area (Å²) < 4.78 is 0. The smallest absolute Gasteiger partial charge is 0.225 e. The van der Waals surface area contributed by atoms with Gasteiger partial charge in [0.15, 0.2) is 11.6 Å². The van der Waals surface area contributed by atoms with Crippen molar-refractivity contribution in [2.45, 2.75) is 67.2 Å². The Morgan fingerprint density at radius 3 is 1.59 bits per heavy atom. The van der Waals surface area contributed by atoms with Gasteiger partial charge in [0, 0.05) is 46.2 Å². The Kier molecular flexibility index (Phi) is 8.16. The van der Waals surface area contributed by atoms with Crippen LogP contribution in [0.2, 0.25) is 0 Å². The number of hydrogen-bond donors (Lipinski definition) is 2. The van der Waals surface area contributed by atoms with E-state index in [-0.39, 0.29) is 23.4 Å². The molecule has 1 aromatic carbocycles. The van der Waals surface area contributed by atoms with Gasteiger partial charge < -0.3 is 10.6 Å². The van der Waals surface area contributed by atoms with Gasteiger partial charge in [-0.3, -0.25) is 19.2 Å². The van der Waals surface area contributed by atoms with E-state index in [0.717, 1.165) is 0 Å².